The molecule has 0 atom stereocenters. The Labute approximate surface area is 190 Å². The van der Waals surface area contributed by atoms with Crippen LogP contribution in [0.5, 0.6) is 0 Å². The first kappa shape index (κ1) is 21.7. The van der Waals surface area contributed by atoms with Gasteiger partial charge in [0, 0.05) is 23.7 Å². The summed E-state index contributed by atoms with van der Waals surface area (Å²) in [6, 6.07) is 18.8. The van der Waals surface area contributed by atoms with E-state index in [1.165, 1.54) is 11.1 Å². The number of para-hydroxylation sites is 1. The van der Waals surface area contributed by atoms with Crippen LogP contribution in [0, 0.1) is 0 Å². The molecule has 0 unspecified atom stereocenters. The molecular weight excluding hydrogens is 402 g/mol. The lowest BCUT2D eigenvalue weighted by atomic mass is 9.85. The van der Waals surface area contributed by atoms with Crippen molar-refractivity contribution in [3.05, 3.63) is 84.3 Å². The number of aryl methyl sites for hydroxylation is 1. The van der Waals surface area contributed by atoms with Crippen molar-refractivity contribution in [3.8, 4) is 0 Å². The maximum Gasteiger partial charge on any atom is 0.247 e. The maximum atomic E-state index is 12.8. The van der Waals surface area contributed by atoms with Crippen molar-refractivity contribution in [2.75, 3.05) is 31.2 Å². The molecule has 2 heterocycles. The summed E-state index contributed by atoms with van der Waals surface area (Å²) >= 11 is 1.59. The number of thioether (sulfide) groups is 1. The molecule has 1 spiro atoms. The molecule has 1 N–H and O–H groups in total. The van der Waals surface area contributed by atoms with Crippen LogP contribution in [-0.2, 0) is 11.2 Å². The van der Waals surface area contributed by atoms with Gasteiger partial charge in [-0.25, -0.2) is 0 Å². The fourth-order valence-electron chi connectivity index (χ4n) is 4.85. The van der Waals surface area contributed by atoms with Crippen LogP contribution in [-0.4, -0.2) is 42.6 Å². The van der Waals surface area contributed by atoms with Gasteiger partial charge in [0.2, 0.25) is 5.91 Å². The molecule has 2 aliphatic rings. The number of rotatable bonds is 8. The van der Waals surface area contributed by atoms with Crippen molar-refractivity contribution in [2.45, 2.75) is 31.2 Å². The number of nitrogens with zero attached hydrogens (tertiary/aromatic N) is 2. The lowest BCUT2D eigenvalue weighted by molar-refractivity contribution is -0.125. The number of carbonyl (C=O) groups excluding carboxylic acids is 1. The summed E-state index contributed by atoms with van der Waals surface area (Å²) in [5, 5.41) is 4.92. The Kier molecular flexibility index (Phi) is 6.83. The van der Waals surface area contributed by atoms with Gasteiger partial charge in [0.05, 0.1) is 6.67 Å². The summed E-state index contributed by atoms with van der Waals surface area (Å²) in [7, 11) is 0. The minimum Gasteiger partial charge on any atom is -0.339 e. The number of amides is 1. The van der Waals surface area contributed by atoms with Gasteiger partial charge in [-0.3, -0.25) is 4.79 Å². The molecule has 0 radical (unpaired) electrons. The Morgan fingerprint density at radius 3 is 2.55 bits per heavy atom. The molecule has 31 heavy (non-hydrogen) atoms. The van der Waals surface area contributed by atoms with Gasteiger partial charge >= 0.3 is 0 Å². The molecule has 2 aliphatic heterocycles. The third-order valence-corrected chi connectivity index (χ3v) is 7.22. The predicted octanol–water partition coefficient (Wildman–Crippen LogP) is 4.90. The quantitative estimate of drug-likeness (QED) is 0.643. The molecular formula is C26H31N3OS. The molecule has 0 aromatic heterocycles. The normalized spacial score (nSPS) is 18.2. The second-order valence-corrected chi connectivity index (χ2v) is 9.33. The summed E-state index contributed by atoms with van der Waals surface area (Å²) in [6.45, 7) is 11.6. The number of piperidine rings is 1. The fourth-order valence-corrected chi connectivity index (χ4v) is 5.37. The highest BCUT2D eigenvalue weighted by Gasteiger charge is 2.50. The Bertz CT molecular complexity index is 935. The second kappa shape index (κ2) is 9.75. The maximum absolute atomic E-state index is 12.8. The largest absolute Gasteiger partial charge is 0.339 e. The molecule has 5 heteroatoms. The van der Waals surface area contributed by atoms with E-state index in [0.717, 1.165) is 55.9 Å². The molecule has 162 valence electrons. The van der Waals surface area contributed by atoms with E-state index in [1.807, 2.05) is 23.6 Å². The van der Waals surface area contributed by atoms with Crippen LogP contribution < -0.4 is 10.2 Å². The van der Waals surface area contributed by atoms with Crippen molar-refractivity contribution < 1.29 is 4.79 Å². The van der Waals surface area contributed by atoms with Crippen LogP contribution in [0.4, 0.5) is 5.69 Å². The summed E-state index contributed by atoms with van der Waals surface area (Å²) in [4.78, 5) is 18.6. The van der Waals surface area contributed by atoms with Crippen LogP contribution in [0.25, 0.3) is 4.91 Å². The Hall–Kier alpha value is -2.50. The van der Waals surface area contributed by atoms with Crippen molar-refractivity contribution in [1.82, 2.24) is 10.2 Å². The first-order valence-corrected chi connectivity index (χ1v) is 11.9. The molecule has 0 aliphatic carbocycles. The van der Waals surface area contributed by atoms with Gasteiger partial charge in [-0.15, -0.1) is 0 Å². The molecule has 2 aromatic carbocycles. The van der Waals surface area contributed by atoms with E-state index in [-0.39, 0.29) is 5.91 Å². The molecule has 2 fully saturated rings. The van der Waals surface area contributed by atoms with Gasteiger partial charge in [0.1, 0.15) is 5.54 Å². The SMILES string of the molecule is C=CSC(=C)c1ccccc1CCCN1CCC2(CC1)C(=O)NCN2c1ccccc1. The number of benzene rings is 2. The standard InChI is InChI=1S/C26H31N3OS/c1-3-31-21(2)24-14-8-7-10-22(24)11-9-17-28-18-15-26(16-19-28)25(30)27-20-29(26)23-12-5-4-6-13-23/h3-8,10,12-14H,1-2,9,11,15-20H2,(H,27,30). The zero-order chi connectivity index (χ0) is 21.7. The number of hydrogen-bond donors (Lipinski definition) is 1. The summed E-state index contributed by atoms with van der Waals surface area (Å²) in [5.41, 5.74) is 3.31. The van der Waals surface area contributed by atoms with E-state index in [1.54, 1.807) is 11.8 Å². The van der Waals surface area contributed by atoms with E-state index >= 15 is 0 Å². The highest BCUT2D eigenvalue weighted by molar-refractivity contribution is 8.10. The van der Waals surface area contributed by atoms with E-state index in [0.29, 0.717) is 6.67 Å². The van der Waals surface area contributed by atoms with Crippen LogP contribution >= 0.6 is 11.8 Å². The lowest BCUT2D eigenvalue weighted by Gasteiger charge is -2.43. The van der Waals surface area contributed by atoms with Crippen molar-refractivity contribution >= 4 is 28.3 Å². The average Bonchev–Trinajstić information content (AvgIpc) is 3.12. The number of likely N-dealkylation sites (tertiary alicyclic amines) is 1. The molecule has 2 aromatic rings. The van der Waals surface area contributed by atoms with Crippen LogP contribution in [0.2, 0.25) is 0 Å². The second-order valence-electron chi connectivity index (χ2n) is 8.27. The van der Waals surface area contributed by atoms with Crippen molar-refractivity contribution in [1.29, 1.82) is 0 Å². The number of carbonyl (C=O) groups is 1. The number of nitrogens with one attached hydrogen (secondary N) is 1. The zero-order valence-electron chi connectivity index (χ0n) is 18.1. The fraction of sp³-hybridized carbons (Fsp3) is 0.346. The van der Waals surface area contributed by atoms with Gasteiger partial charge in [0.25, 0.3) is 0 Å². The Morgan fingerprint density at radius 2 is 1.81 bits per heavy atom. The topological polar surface area (TPSA) is 35.6 Å². The van der Waals surface area contributed by atoms with Gasteiger partial charge < -0.3 is 15.1 Å². The Morgan fingerprint density at radius 1 is 1.10 bits per heavy atom. The first-order chi connectivity index (χ1) is 15.1. The van der Waals surface area contributed by atoms with Crippen LogP contribution in [0.1, 0.15) is 30.4 Å². The molecule has 4 nitrogen and oxygen atoms in total. The van der Waals surface area contributed by atoms with Crippen LogP contribution in [0.15, 0.2) is 73.2 Å². The van der Waals surface area contributed by atoms with Gasteiger partial charge in [-0.2, -0.15) is 0 Å². The molecule has 0 bridgehead atoms. The number of hydrogen-bond acceptors (Lipinski definition) is 4. The van der Waals surface area contributed by atoms with E-state index in [4.69, 9.17) is 0 Å². The third-order valence-electron chi connectivity index (χ3n) is 6.55. The minimum atomic E-state index is -0.399. The third kappa shape index (κ3) is 4.58. The first-order valence-electron chi connectivity index (χ1n) is 11.0. The molecule has 0 saturated carbocycles. The van der Waals surface area contributed by atoms with E-state index in [2.05, 4.69) is 64.7 Å². The molecule has 1 amide bonds. The molecule has 2 saturated heterocycles. The zero-order valence-corrected chi connectivity index (χ0v) is 18.9. The molecule has 4 rings (SSSR count). The Balaban J connectivity index is 1.34. The van der Waals surface area contributed by atoms with E-state index < -0.39 is 5.54 Å². The van der Waals surface area contributed by atoms with Crippen LogP contribution in [0.3, 0.4) is 0 Å². The highest BCUT2D eigenvalue weighted by Crippen LogP contribution is 2.36. The van der Waals surface area contributed by atoms with Crippen molar-refractivity contribution in [2.24, 2.45) is 0 Å². The van der Waals surface area contributed by atoms with Gasteiger partial charge in [-0.05, 0) is 60.9 Å². The van der Waals surface area contributed by atoms with E-state index in [9.17, 15) is 4.79 Å². The smallest absolute Gasteiger partial charge is 0.247 e. The summed E-state index contributed by atoms with van der Waals surface area (Å²) < 4.78 is 0. The highest BCUT2D eigenvalue weighted by atomic mass is 32.2. The monoisotopic (exact) mass is 433 g/mol. The lowest BCUT2D eigenvalue weighted by Crippen LogP contribution is -2.56. The van der Waals surface area contributed by atoms with Crippen molar-refractivity contribution in [3.63, 3.8) is 0 Å². The summed E-state index contributed by atoms with van der Waals surface area (Å²) in [6.07, 6.45) is 3.88. The predicted molar refractivity (Wildman–Crippen MR) is 132 cm³/mol. The minimum absolute atomic E-state index is 0.183. The summed E-state index contributed by atoms with van der Waals surface area (Å²) in [5.74, 6) is 0.183. The van der Waals surface area contributed by atoms with Gasteiger partial charge in [0.15, 0.2) is 0 Å². The average molecular weight is 434 g/mol. The number of anilines is 1. The van der Waals surface area contributed by atoms with Gasteiger partial charge in [-0.1, -0.05) is 67.4 Å².